The Morgan fingerprint density at radius 2 is 0.520 bits per heavy atom. The van der Waals surface area contributed by atoms with Gasteiger partial charge in [-0.05, 0) is 95.6 Å². The van der Waals surface area contributed by atoms with E-state index in [9.17, 15) is 0 Å². The molecule has 0 radical (unpaired) electrons. The van der Waals surface area contributed by atoms with Gasteiger partial charge < -0.3 is 9.80 Å². The monoisotopic (exact) mass is 641 g/mol. The highest BCUT2D eigenvalue weighted by atomic mass is 15.1. The molecule has 0 aliphatic heterocycles. The van der Waals surface area contributed by atoms with Crippen molar-refractivity contribution in [3.05, 3.63) is 212 Å². The van der Waals surface area contributed by atoms with Crippen LogP contribution < -0.4 is 9.80 Å². The van der Waals surface area contributed by atoms with Crippen molar-refractivity contribution in [1.29, 1.82) is 0 Å². The van der Waals surface area contributed by atoms with Crippen molar-refractivity contribution in [2.45, 2.75) is 0 Å². The smallest absolute Gasteiger partial charge is 0.0702 e. The lowest BCUT2D eigenvalue weighted by atomic mass is 10.0. The van der Waals surface area contributed by atoms with Crippen molar-refractivity contribution < 1.29 is 0 Å². The molecule has 0 aliphatic rings. The number of anilines is 6. The molecule has 0 bridgehead atoms. The number of hydrogen-bond donors (Lipinski definition) is 0. The van der Waals surface area contributed by atoms with Gasteiger partial charge in [0.25, 0.3) is 0 Å². The molecule has 7 aromatic carbocycles. The van der Waals surface area contributed by atoms with Crippen LogP contribution in [0.1, 0.15) is 0 Å². The molecule has 0 fully saturated rings. The standard InChI is InChI=1S/C47H35N3/c1-5-13-41(14-6-1)49(42-15-7-2-8-16-42)45-30-25-37(26-31-45)36-21-23-39(24-22-36)47-34-29-40(35-48-47)38-27-32-46(33-28-38)50(43-17-9-3-10-18-43)44-19-11-4-12-20-44/h1-35H. The molecule has 8 aromatic rings. The average molecular weight is 642 g/mol. The van der Waals surface area contributed by atoms with Gasteiger partial charge >= 0.3 is 0 Å². The zero-order valence-corrected chi connectivity index (χ0v) is 27.5. The molecule has 0 amide bonds. The van der Waals surface area contributed by atoms with Crippen LogP contribution in [0.4, 0.5) is 34.1 Å². The Morgan fingerprint density at radius 3 is 0.860 bits per heavy atom. The summed E-state index contributed by atoms with van der Waals surface area (Å²) in [5, 5.41) is 0. The third-order valence-corrected chi connectivity index (χ3v) is 8.92. The maximum absolute atomic E-state index is 4.85. The third-order valence-electron chi connectivity index (χ3n) is 8.92. The molecule has 0 saturated heterocycles. The topological polar surface area (TPSA) is 19.4 Å². The van der Waals surface area contributed by atoms with Gasteiger partial charge in [0.1, 0.15) is 0 Å². The predicted molar refractivity (Wildman–Crippen MR) is 210 cm³/mol. The van der Waals surface area contributed by atoms with Crippen molar-refractivity contribution in [2.75, 3.05) is 9.80 Å². The van der Waals surface area contributed by atoms with E-state index in [2.05, 4.69) is 204 Å². The van der Waals surface area contributed by atoms with Gasteiger partial charge in [-0.2, -0.15) is 0 Å². The highest BCUT2D eigenvalue weighted by Gasteiger charge is 2.14. The molecule has 3 nitrogen and oxygen atoms in total. The summed E-state index contributed by atoms with van der Waals surface area (Å²) in [6.07, 6.45) is 1.97. The second-order valence-corrected chi connectivity index (χ2v) is 12.1. The second kappa shape index (κ2) is 14.2. The number of rotatable bonds is 9. The molecule has 0 unspecified atom stereocenters. The van der Waals surface area contributed by atoms with E-state index >= 15 is 0 Å². The summed E-state index contributed by atoms with van der Waals surface area (Å²) in [6, 6.07) is 72.3. The summed E-state index contributed by atoms with van der Waals surface area (Å²) < 4.78 is 0. The van der Waals surface area contributed by atoms with Crippen LogP contribution in [0.25, 0.3) is 33.5 Å². The summed E-state index contributed by atoms with van der Waals surface area (Å²) in [6.45, 7) is 0. The lowest BCUT2D eigenvalue weighted by molar-refractivity contribution is 1.28. The SMILES string of the molecule is c1ccc(N(c2ccccc2)c2ccc(-c3ccc(-c4ccc(-c5ccc(N(c6ccccc6)c6ccccc6)cc5)cn4)cc3)cc2)cc1. The van der Waals surface area contributed by atoms with Gasteiger partial charge in [0.15, 0.2) is 0 Å². The van der Waals surface area contributed by atoms with Crippen LogP contribution in [0.15, 0.2) is 212 Å². The van der Waals surface area contributed by atoms with E-state index in [1.165, 1.54) is 11.1 Å². The molecule has 50 heavy (non-hydrogen) atoms. The van der Waals surface area contributed by atoms with E-state index in [1.54, 1.807) is 0 Å². The molecule has 0 saturated carbocycles. The number of pyridine rings is 1. The van der Waals surface area contributed by atoms with Crippen LogP contribution in [-0.4, -0.2) is 4.98 Å². The third kappa shape index (κ3) is 6.53. The number of para-hydroxylation sites is 4. The minimum Gasteiger partial charge on any atom is -0.311 e. The predicted octanol–water partition coefficient (Wildman–Crippen LogP) is 13.0. The number of hydrogen-bond acceptors (Lipinski definition) is 3. The molecular weight excluding hydrogens is 607 g/mol. The van der Waals surface area contributed by atoms with Crippen molar-refractivity contribution in [2.24, 2.45) is 0 Å². The fraction of sp³-hybridized carbons (Fsp3) is 0. The highest BCUT2D eigenvalue weighted by molar-refractivity contribution is 5.80. The lowest BCUT2D eigenvalue weighted by Crippen LogP contribution is -2.09. The van der Waals surface area contributed by atoms with Gasteiger partial charge in [-0.1, -0.05) is 127 Å². The fourth-order valence-electron chi connectivity index (χ4n) is 6.38. The summed E-state index contributed by atoms with van der Waals surface area (Å²) in [5.74, 6) is 0. The number of benzene rings is 7. The Labute approximate surface area is 294 Å². The normalized spacial score (nSPS) is 10.8. The lowest BCUT2D eigenvalue weighted by Gasteiger charge is -2.25. The van der Waals surface area contributed by atoms with Gasteiger partial charge in [0.2, 0.25) is 0 Å². The van der Waals surface area contributed by atoms with E-state index in [0.717, 1.165) is 56.5 Å². The fourth-order valence-corrected chi connectivity index (χ4v) is 6.38. The summed E-state index contributed by atoms with van der Waals surface area (Å²) in [5.41, 5.74) is 13.3. The number of aromatic nitrogens is 1. The molecule has 0 aliphatic carbocycles. The van der Waals surface area contributed by atoms with Crippen LogP contribution in [0, 0.1) is 0 Å². The molecule has 1 heterocycles. The molecule has 8 rings (SSSR count). The van der Waals surface area contributed by atoms with Gasteiger partial charge in [-0.3, -0.25) is 4.98 Å². The van der Waals surface area contributed by atoms with E-state index in [4.69, 9.17) is 4.98 Å². The largest absolute Gasteiger partial charge is 0.311 e. The molecule has 0 N–H and O–H groups in total. The van der Waals surface area contributed by atoms with Crippen LogP contribution in [0.2, 0.25) is 0 Å². The first-order valence-electron chi connectivity index (χ1n) is 16.9. The second-order valence-electron chi connectivity index (χ2n) is 12.1. The van der Waals surface area contributed by atoms with Gasteiger partial charge in [0.05, 0.1) is 5.69 Å². The van der Waals surface area contributed by atoms with Crippen molar-refractivity contribution in [3.8, 4) is 33.5 Å². The van der Waals surface area contributed by atoms with Gasteiger partial charge in [-0.15, -0.1) is 0 Å². The first kappa shape index (κ1) is 30.6. The van der Waals surface area contributed by atoms with E-state index < -0.39 is 0 Å². The van der Waals surface area contributed by atoms with Crippen molar-refractivity contribution >= 4 is 34.1 Å². The van der Waals surface area contributed by atoms with Crippen LogP contribution in [0.5, 0.6) is 0 Å². The maximum atomic E-state index is 4.85. The Morgan fingerprint density at radius 1 is 0.240 bits per heavy atom. The molecule has 0 atom stereocenters. The van der Waals surface area contributed by atoms with Gasteiger partial charge in [0, 0.05) is 51.4 Å². The zero-order valence-electron chi connectivity index (χ0n) is 27.5. The molecule has 0 spiro atoms. The van der Waals surface area contributed by atoms with Crippen LogP contribution >= 0.6 is 0 Å². The zero-order chi connectivity index (χ0) is 33.5. The Kier molecular flexibility index (Phi) is 8.69. The Hall–Kier alpha value is -6.71. The maximum Gasteiger partial charge on any atom is 0.0702 e. The first-order valence-corrected chi connectivity index (χ1v) is 16.9. The summed E-state index contributed by atoms with van der Waals surface area (Å²) >= 11 is 0. The van der Waals surface area contributed by atoms with Crippen LogP contribution in [-0.2, 0) is 0 Å². The van der Waals surface area contributed by atoms with E-state index in [0.29, 0.717) is 0 Å². The van der Waals surface area contributed by atoms with E-state index in [1.807, 2.05) is 18.3 Å². The molecule has 238 valence electrons. The Balaban J connectivity index is 0.986. The quantitative estimate of drug-likeness (QED) is 0.156. The minimum atomic E-state index is 0.952. The summed E-state index contributed by atoms with van der Waals surface area (Å²) in [4.78, 5) is 9.40. The summed E-state index contributed by atoms with van der Waals surface area (Å²) in [7, 11) is 0. The van der Waals surface area contributed by atoms with Crippen molar-refractivity contribution in [1.82, 2.24) is 4.98 Å². The Bertz CT molecular complexity index is 2010. The minimum absolute atomic E-state index is 0.952. The molecule has 3 heteroatoms. The molecular formula is C47H35N3. The van der Waals surface area contributed by atoms with Crippen LogP contribution in [0.3, 0.4) is 0 Å². The van der Waals surface area contributed by atoms with E-state index in [-0.39, 0.29) is 0 Å². The first-order chi connectivity index (χ1) is 24.8. The molecule has 1 aromatic heterocycles. The highest BCUT2D eigenvalue weighted by Crippen LogP contribution is 2.37. The van der Waals surface area contributed by atoms with Crippen molar-refractivity contribution in [3.63, 3.8) is 0 Å². The van der Waals surface area contributed by atoms with Gasteiger partial charge in [-0.25, -0.2) is 0 Å². The number of nitrogens with zero attached hydrogens (tertiary/aromatic N) is 3. The average Bonchev–Trinajstić information content (AvgIpc) is 3.21.